The third-order valence-corrected chi connectivity index (χ3v) is 5.96. The Labute approximate surface area is 133 Å². The van der Waals surface area contributed by atoms with Gasteiger partial charge in [0.1, 0.15) is 0 Å². The average molecular weight is 321 g/mol. The fourth-order valence-corrected chi connectivity index (χ4v) is 4.64. The molecule has 1 aromatic heterocycles. The van der Waals surface area contributed by atoms with Crippen LogP contribution in [0.15, 0.2) is 34.7 Å². The van der Waals surface area contributed by atoms with E-state index in [1.54, 1.807) is 23.1 Å². The van der Waals surface area contributed by atoms with Gasteiger partial charge < -0.3 is 10.4 Å². The molecule has 2 aromatic rings. The minimum absolute atomic E-state index is 0.201. The lowest BCUT2D eigenvalue weighted by Crippen LogP contribution is -2.26. The highest BCUT2D eigenvalue weighted by Crippen LogP contribution is 2.36. The molecule has 3 rings (SSSR count). The molecule has 1 saturated carbocycles. The number of aliphatic hydroxyl groups is 1. The van der Waals surface area contributed by atoms with E-state index in [9.17, 15) is 5.11 Å². The largest absolute Gasteiger partial charge is 0.392 e. The molecular formula is C15H19N3OS2. The fourth-order valence-electron chi connectivity index (χ4n) is 2.45. The molecule has 0 saturated heterocycles. The molecule has 0 radical (unpaired) electrons. The minimum atomic E-state index is -0.201. The lowest BCUT2D eigenvalue weighted by Gasteiger charge is -2.25. The Morgan fingerprint density at radius 1 is 1.19 bits per heavy atom. The summed E-state index contributed by atoms with van der Waals surface area (Å²) in [7, 11) is 0. The van der Waals surface area contributed by atoms with E-state index in [4.69, 9.17) is 0 Å². The van der Waals surface area contributed by atoms with Crippen LogP contribution in [-0.4, -0.2) is 26.7 Å². The van der Waals surface area contributed by atoms with Crippen LogP contribution in [0, 0.1) is 0 Å². The average Bonchev–Trinajstić information content (AvgIpc) is 2.96. The summed E-state index contributed by atoms with van der Waals surface area (Å²) >= 11 is 3.24. The van der Waals surface area contributed by atoms with Gasteiger partial charge in [-0.15, -0.1) is 10.2 Å². The predicted molar refractivity (Wildman–Crippen MR) is 87.8 cm³/mol. The second-order valence-electron chi connectivity index (χ2n) is 5.22. The molecule has 21 heavy (non-hydrogen) atoms. The van der Waals surface area contributed by atoms with Crippen molar-refractivity contribution in [1.82, 2.24) is 10.2 Å². The normalized spacial score (nSPS) is 22.1. The summed E-state index contributed by atoms with van der Waals surface area (Å²) in [6.07, 6.45) is 4.12. The van der Waals surface area contributed by atoms with Crippen molar-refractivity contribution in [2.45, 2.75) is 47.9 Å². The third kappa shape index (κ3) is 4.18. The first-order chi connectivity index (χ1) is 10.3. The summed E-state index contributed by atoms with van der Waals surface area (Å²) < 4.78 is 0.941. The summed E-state index contributed by atoms with van der Waals surface area (Å²) in [5.41, 5.74) is 1.23. The maximum Gasteiger partial charge on any atom is 0.206 e. The topological polar surface area (TPSA) is 58.0 Å². The summed E-state index contributed by atoms with van der Waals surface area (Å²) in [5.74, 6) is 0. The number of anilines is 1. The molecule has 0 spiro atoms. The van der Waals surface area contributed by atoms with E-state index in [1.165, 1.54) is 12.0 Å². The van der Waals surface area contributed by atoms with Gasteiger partial charge >= 0.3 is 0 Å². The van der Waals surface area contributed by atoms with E-state index in [-0.39, 0.29) is 11.4 Å². The molecule has 0 amide bonds. The van der Waals surface area contributed by atoms with Crippen LogP contribution in [0.2, 0.25) is 0 Å². The Balaban J connectivity index is 1.53. The van der Waals surface area contributed by atoms with Gasteiger partial charge in [-0.05, 0) is 18.4 Å². The molecule has 0 aliphatic heterocycles. The van der Waals surface area contributed by atoms with Crippen LogP contribution >= 0.6 is 23.1 Å². The highest BCUT2D eigenvalue weighted by molar-refractivity contribution is 8.01. The Morgan fingerprint density at radius 2 is 2.00 bits per heavy atom. The van der Waals surface area contributed by atoms with Crippen LogP contribution < -0.4 is 5.32 Å². The molecule has 1 aromatic carbocycles. The molecule has 0 bridgehead atoms. The van der Waals surface area contributed by atoms with Gasteiger partial charge in [-0.3, -0.25) is 0 Å². The molecule has 1 fully saturated rings. The van der Waals surface area contributed by atoms with Crippen molar-refractivity contribution in [2.75, 3.05) is 5.32 Å². The summed E-state index contributed by atoms with van der Waals surface area (Å²) in [6.45, 7) is 0.756. The molecule has 112 valence electrons. The molecule has 4 nitrogen and oxygen atoms in total. The first kappa shape index (κ1) is 14.8. The van der Waals surface area contributed by atoms with Crippen LogP contribution in [0.3, 0.4) is 0 Å². The van der Waals surface area contributed by atoms with Crippen molar-refractivity contribution < 1.29 is 5.11 Å². The Hall–Kier alpha value is -1.11. The van der Waals surface area contributed by atoms with Gasteiger partial charge in [0.05, 0.1) is 6.10 Å². The van der Waals surface area contributed by atoms with Crippen LogP contribution in [0.1, 0.15) is 31.2 Å². The molecule has 6 heteroatoms. The Bertz CT molecular complexity index is 561. The van der Waals surface area contributed by atoms with E-state index < -0.39 is 0 Å². The third-order valence-electron chi connectivity index (χ3n) is 3.61. The van der Waals surface area contributed by atoms with Crippen molar-refractivity contribution in [1.29, 1.82) is 0 Å². The van der Waals surface area contributed by atoms with Crippen molar-refractivity contribution in [3.8, 4) is 0 Å². The second-order valence-corrected chi connectivity index (χ2v) is 7.68. The van der Waals surface area contributed by atoms with Gasteiger partial charge in [0, 0.05) is 11.8 Å². The summed E-state index contributed by atoms with van der Waals surface area (Å²) in [5, 5.41) is 22.8. The smallest absolute Gasteiger partial charge is 0.206 e. The van der Waals surface area contributed by atoms with Crippen molar-refractivity contribution in [3.05, 3.63) is 35.9 Å². The van der Waals surface area contributed by atoms with Crippen LogP contribution in [-0.2, 0) is 6.54 Å². The SMILES string of the molecule is OC1CCCCC1Sc1nnc(NCc2ccccc2)s1. The number of aliphatic hydroxyl groups excluding tert-OH is 1. The summed E-state index contributed by atoms with van der Waals surface area (Å²) in [6, 6.07) is 10.2. The van der Waals surface area contributed by atoms with Crippen LogP contribution in [0.25, 0.3) is 0 Å². The van der Waals surface area contributed by atoms with E-state index in [0.29, 0.717) is 0 Å². The first-order valence-corrected chi connectivity index (χ1v) is 8.97. The van der Waals surface area contributed by atoms with Gasteiger partial charge in [0.25, 0.3) is 0 Å². The number of nitrogens with one attached hydrogen (secondary N) is 1. The molecule has 2 N–H and O–H groups in total. The van der Waals surface area contributed by atoms with Gasteiger partial charge in [-0.2, -0.15) is 0 Å². The highest BCUT2D eigenvalue weighted by atomic mass is 32.2. The van der Waals surface area contributed by atoms with Gasteiger partial charge in [-0.25, -0.2) is 0 Å². The van der Waals surface area contributed by atoms with Crippen molar-refractivity contribution in [3.63, 3.8) is 0 Å². The summed E-state index contributed by atoms with van der Waals surface area (Å²) in [4.78, 5) is 0. The minimum Gasteiger partial charge on any atom is -0.392 e. The number of thioether (sulfide) groups is 1. The fraction of sp³-hybridized carbons (Fsp3) is 0.467. The number of hydrogen-bond acceptors (Lipinski definition) is 6. The van der Waals surface area contributed by atoms with Crippen LogP contribution in [0.4, 0.5) is 5.13 Å². The van der Waals surface area contributed by atoms with E-state index in [1.807, 2.05) is 18.2 Å². The zero-order valence-corrected chi connectivity index (χ0v) is 13.4. The first-order valence-electron chi connectivity index (χ1n) is 7.27. The molecular weight excluding hydrogens is 302 g/mol. The number of hydrogen-bond donors (Lipinski definition) is 2. The molecule has 2 unspecified atom stereocenters. The zero-order chi connectivity index (χ0) is 14.5. The molecule has 2 atom stereocenters. The Morgan fingerprint density at radius 3 is 2.81 bits per heavy atom. The molecule has 1 aliphatic rings. The number of rotatable bonds is 5. The van der Waals surface area contributed by atoms with Crippen molar-refractivity contribution >= 4 is 28.2 Å². The molecule has 1 heterocycles. The number of nitrogens with zero attached hydrogens (tertiary/aromatic N) is 2. The monoisotopic (exact) mass is 321 g/mol. The van der Waals surface area contributed by atoms with Gasteiger partial charge in [0.2, 0.25) is 5.13 Å². The van der Waals surface area contributed by atoms with Crippen molar-refractivity contribution in [2.24, 2.45) is 0 Å². The molecule has 1 aliphatic carbocycles. The highest BCUT2D eigenvalue weighted by Gasteiger charge is 2.25. The second kappa shape index (κ2) is 7.24. The lowest BCUT2D eigenvalue weighted by atomic mass is 9.97. The number of benzene rings is 1. The standard InChI is InChI=1S/C15H19N3OS2/c19-12-8-4-5-9-13(12)20-15-18-17-14(21-15)16-10-11-6-2-1-3-7-11/h1-3,6-7,12-13,19H,4-5,8-10H2,(H,16,17). The zero-order valence-electron chi connectivity index (χ0n) is 11.7. The predicted octanol–water partition coefficient (Wildman–Crippen LogP) is 3.55. The quantitative estimate of drug-likeness (QED) is 0.882. The van der Waals surface area contributed by atoms with E-state index in [2.05, 4.69) is 27.6 Å². The van der Waals surface area contributed by atoms with E-state index in [0.717, 1.165) is 35.3 Å². The van der Waals surface area contributed by atoms with Gasteiger partial charge in [-0.1, -0.05) is 66.3 Å². The van der Waals surface area contributed by atoms with Gasteiger partial charge in [0.15, 0.2) is 4.34 Å². The van der Waals surface area contributed by atoms with Crippen LogP contribution in [0.5, 0.6) is 0 Å². The van der Waals surface area contributed by atoms with E-state index >= 15 is 0 Å². The Kier molecular flexibility index (Phi) is 5.11. The maximum atomic E-state index is 10.0. The lowest BCUT2D eigenvalue weighted by molar-refractivity contribution is 0.137. The maximum absolute atomic E-state index is 10.0. The number of aromatic nitrogens is 2.